The van der Waals surface area contributed by atoms with Crippen LogP contribution in [0, 0.1) is 13.8 Å². The van der Waals surface area contributed by atoms with Crippen molar-refractivity contribution in [1.82, 2.24) is 14.8 Å². The van der Waals surface area contributed by atoms with Gasteiger partial charge in [0.2, 0.25) is 0 Å². The number of pyridine rings is 1. The van der Waals surface area contributed by atoms with Crippen molar-refractivity contribution in [1.29, 1.82) is 0 Å². The quantitative estimate of drug-likeness (QED) is 0.397. The molecule has 0 spiro atoms. The second kappa shape index (κ2) is 11.0. The molecule has 1 aromatic heterocycles. The normalized spacial score (nSPS) is 13.9. The van der Waals surface area contributed by atoms with Crippen molar-refractivity contribution in [2.24, 2.45) is 0 Å². The molecule has 0 aliphatic carbocycles. The number of rotatable bonds is 11. The Kier molecular flexibility index (Phi) is 8.17. The molecule has 0 fully saturated rings. The molecule has 0 radical (unpaired) electrons. The van der Waals surface area contributed by atoms with Crippen LogP contribution in [0.5, 0.6) is 0 Å². The molecule has 2 amide bonds. The van der Waals surface area contributed by atoms with Gasteiger partial charge in [0.25, 0.3) is 11.8 Å². The van der Waals surface area contributed by atoms with Crippen LogP contribution < -0.4 is 0 Å². The zero-order valence-corrected chi connectivity index (χ0v) is 19.6. The van der Waals surface area contributed by atoms with Crippen molar-refractivity contribution in [3.05, 3.63) is 70.7 Å². The number of ether oxygens (including phenoxy) is 1. The van der Waals surface area contributed by atoms with E-state index in [0.29, 0.717) is 50.5 Å². The fraction of sp³-hybridized carbons (Fsp3) is 0.423. The summed E-state index contributed by atoms with van der Waals surface area (Å²) in [5, 5.41) is 0. The highest BCUT2D eigenvalue weighted by molar-refractivity contribution is 6.35. The molecule has 1 aromatic carbocycles. The van der Waals surface area contributed by atoms with Crippen LogP contribution in [0.1, 0.15) is 42.5 Å². The Balaban J connectivity index is 1.95. The topological polar surface area (TPSA) is 62.7 Å². The molecule has 0 atom stereocenters. The zero-order chi connectivity index (χ0) is 23.1. The van der Waals surface area contributed by atoms with Gasteiger partial charge in [-0.3, -0.25) is 19.5 Å². The molecule has 32 heavy (non-hydrogen) atoms. The summed E-state index contributed by atoms with van der Waals surface area (Å²) in [6.07, 6.45) is 4.94. The molecule has 2 aromatic rings. The summed E-state index contributed by atoms with van der Waals surface area (Å²) in [4.78, 5) is 34.5. The Morgan fingerprint density at radius 1 is 1.03 bits per heavy atom. The summed E-state index contributed by atoms with van der Waals surface area (Å²) in [6, 6.07) is 9.98. The van der Waals surface area contributed by atoms with Crippen LogP contribution in [0.3, 0.4) is 0 Å². The summed E-state index contributed by atoms with van der Waals surface area (Å²) in [7, 11) is 0. The van der Waals surface area contributed by atoms with E-state index in [1.807, 2.05) is 56.9 Å². The minimum Gasteiger partial charge on any atom is -0.382 e. The van der Waals surface area contributed by atoms with Gasteiger partial charge in [0, 0.05) is 45.2 Å². The van der Waals surface area contributed by atoms with Crippen LogP contribution in [0.4, 0.5) is 0 Å². The zero-order valence-electron chi connectivity index (χ0n) is 19.6. The Labute approximate surface area is 190 Å². The third-order valence-electron chi connectivity index (χ3n) is 5.79. The molecule has 2 heterocycles. The van der Waals surface area contributed by atoms with Gasteiger partial charge in [0.15, 0.2) is 0 Å². The Bertz CT molecular complexity index is 985. The Morgan fingerprint density at radius 3 is 2.44 bits per heavy atom. The summed E-state index contributed by atoms with van der Waals surface area (Å²) in [5.41, 5.74) is 5.13. The van der Waals surface area contributed by atoms with Crippen molar-refractivity contribution in [3.63, 3.8) is 0 Å². The lowest BCUT2D eigenvalue weighted by Crippen LogP contribution is -2.36. The number of hydrogen-bond acceptors (Lipinski definition) is 5. The van der Waals surface area contributed by atoms with Crippen LogP contribution in [0.2, 0.25) is 0 Å². The molecule has 0 saturated carbocycles. The highest BCUT2D eigenvalue weighted by atomic mass is 16.5. The van der Waals surface area contributed by atoms with E-state index < -0.39 is 0 Å². The first-order valence-corrected chi connectivity index (χ1v) is 11.4. The fourth-order valence-electron chi connectivity index (χ4n) is 4.11. The van der Waals surface area contributed by atoms with Crippen LogP contribution in [0.25, 0.3) is 5.57 Å². The number of aromatic nitrogens is 1. The van der Waals surface area contributed by atoms with Crippen molar-refractivity contribution in [3.8, 4) is 0 Å². The Hall–Kier alpha value is -2.99. The fourth-order valence-corrected chi connectivity index (χ4v) is 4.11. The molecule has 0 unspecified atom stereocenters. The molecular weight excluding hydrogens is 402 g/mol. The monoisotopic (exact) mass is 435 g/mol. The van der Waals surface area contributed by atoms with Crippen LogP contribution in [-0.4, -0.2) is 59.4 Å². The lowest BCUT2D eigenvalue weighted by Gasteiger charge is -2.25. The maximum absolute atomic E-state index is 13.5. The number of carbonyl (C=O) groups excluding carboxylic acids is 2. The molecule has 0 saturated heterocycles. The summed E-state index contributed by atoms with van der Waals surface area (Å²) < 4.78 is 5.41. The number of imide groups is 1. The lowest BCUT2D eigenvalue weighted by molar-refractivity contribution is -0.137. The number of hydrogen-bond donors (Lipinski definition) is 0. The van der Waals surface area contributed by atoms with E-state index >= 15 is 0 Å². The molecule has 1 aliphatic rings. The first-order chi connectivity index (χ1) is 15.5. The van der Waals surface area contributed by atoms with Crippen molar-refractivity contribution < 1.29 is 14.3 Å². The van der Waals surface area contributed by atoms with E-state index in [1.165, 1.54) is 4.90 Å². The Morgan fingerprint density at radius 2 is 1.78 bits per heavy atom. The smallest absolute Gasteiger partial charge is 0.277 e. The second-order valence-electron chi connectivity index (χ2n) is 8.04. The van der Waals surface area contributed by atoms with Gasteiger partial charge in [-0.05, 0) is 69.4 Å². The van der Waals surface area contributed by atoms with Crippen LogP contribution >= 0.6 is 0 Å². The van der Waals surface area contributed by atoms with Crippen LogP contribution in [0.15, 0.2) is 48.4 Å². The molecule has 0 bridgehead atoms. The molecular formula is C26H33N3O3. The highest BCUT2D eigenvalue weighted by Crippen LogP contribution is 2.33. The average Bonchev–Trinajstić information content (AvgIpc) is 3.02. The summed E-state index contributed by atoms with van der Waals surface area (Å²) in [6.45, 7) is 10.8. The largest absolute Gasteiger partial charge is 0.382 e. The minimum absolute atomic E-state index is 0.210. The third-order valence-corrected chi connectivity index (χ3v) is 5.79. The van der Waals surface area contributed by atoms with E-state index in [0.717, 1.165) is 28.7 Å². The molecule has 1 aliphatic heterocycles. The van der Waals surface area contributed by atoms with Gasteiger partial charge < -0.3 is 9.64 Å². The van der Waals surface area contributed by atoms with E-state index in [4.69, 9.17) is 4.74 Å². The second-order valence-corrected chi connectivity index (χ2v) is 8.04. The summed E-state index contributed by atoms with van der Waals surface area (Å²) >= 11 is 0. The predicted octanol–water partition coefficient (Wildman–Crippen LogP) is 3.77. The van der Waals surface area contributed by atoms with Gasteiger partial charge >= 0.3 is 0 Å². The molecule has 6 heteroatoms. The first kappa shape index (κ1) is 23.7. The van der Waals surface area contributed by atoms with Crippen molar-refractivity contribution >= 4 is 17.4 Å². The summed E-state index contributed by atoms with van der Waals surface area (Å²) in [5.74, 6) is -0.422. The third kappa shape index (κ3) is 5.25. The minimum atomic E-state index is -0.212. The number of likely N-dealkylation sites (N-methyl/N-ethyl adjacent to an activating group) is 1. The van der Waals surface area contributed by atoms with Crippen molar-refractivity contribution in [2.45, 2.75) is 40.5 Å². The maximum Gasteiger partial charge on any atom is 0.277 e. The number of aryl methyl sites for hydroxylation is 2. The van der Waals surface area contributed by atoms with Gasteiger partial charge in [-0.1, -0.05) is 23.8 Å². The van der Waals surface area contributed by atoms with Gasteiger partial charge in [-0.2, -0.15) is 0 Å². The van der Waals surface area contributed by atoms with E-state index in [2.05, 4.69) is 11.1 Å². The number of carbonyl (C=O) groups is 2. The maximum atomic E-state index is 13.5. The molecule has 0 N–H and O–H groups in total. The average molecular weight is 436 g/mol. The van der Waals surface area contributed by atoms with Gasteiger partial charge in [0.05, 0.1) is 5.57 Å². The van der Waals surface area contributed by atoms with Gasteiger partial charge in [-0.15, -0.1) is 0 Å². The van der Waals surface area contributed by atoms with Gasteiger partial charge in [-0.25, -0.2) is 0 Å². The number of benzene rings is 1. The molecule has 170 valence electrons. The predicted molar refractivity (Wildman–Crippen MR) is 126 cm³/mol. The number of amides is 2. The van der Waals surface area contributed by atoms with Crippen molar-refractivity contribution in [2.75, 3.05) is 32.8 Å². The van der Waals surface area contributed by atoms with E-state index in [-0.39, 0.29) is 11.8 Å². The molecule has 3 rings (SSSR count). The first-order valence-electron chi connectivity index (χ1n) is 11.4. The SMILES string of the molecule is CCOCCCN1C(=O)C(c2ccc(C)cc2C)=C(N(CC)CCc2ccncc2)C1=O. The van der Waals surface area contributed by atoms with E-state index in [9.17, 15) is 9.59 Å². The number of nitrogens with zero attached hydrogens (tertiary/aromatic N) is 3. The standard InChI is InChI=1S/C26H33N3O3/c1-5-28(16-12-21-10-13-27-14-11-21)24-23(22-9-8-19(3)18-20(22)4)25(30)29(26(24)31)15-7-17-32-6-2/h8-11,13-14,18H,5-7,12,15-17H2,1-4H3. The van der Waals surface area contributed by atoms with Crippen LogP contribution in [-0.2, 0) is 20.7 Å². The molecule has 6 nitrogen and oxygen atoms in total. The van der Waals surface area contributed by atoms with Gasteiger partial charge in [0.1, 0.15) is 5.70 Å². The van der Waals surface area contributed by atoms with E-state index in [1.54, 1.807) is 12.4 Å². The lowest BCUT2D eigenvalue weighted by atomic mass is 9.97. The highest BCUT2D eigenvalue weighted by Gasteiger charge is 2.41.